The third kappa shape index (κ3) is 6.22. The third-order valence-electron chi connectivity index (χ3n) is 5.03. The van der Waals surface area contributed by atoms with Gasteiger partial charge >= 0.3 is 12.1 Å². The normalized spacial score (nSPS) is 11.3. The van der Waals surface area contributed by atoms with Crippen molar-refractivity contribution in [1.29, 1.82) is 0 Å². The van der Waals surface area contributed by atoms with Crippen molar-refractivity contribution in [3.63, 3.8) is 0 Å². The SMILES string of the molecule is COc1cc(OCC(=O)O)c(C)cc1CSc1ccc(-c2ccc(C(F)(F)F)cc2)cc1C. The Morgan fingerprint density at radius 2 is 1.61 bits per heavy atom. The van der Waals surface area contributed by atoms with E-state index in [9.17, 15) is 18.0 Å². The summed E-state index contributed by atoms with van der Waals surface area (Å²) in [5.74, 6) is 0.625. The highest BCUT2D eigenvalue weighted by molar-refractivity contribution is 7.98. The standard InChI is InChI=1S/C25H23F3O4S/c1-15-10-19(22(31-3)12-21(15)32-13-24(29)30)14-33-23-9-6-18(11-16(23)2)17-4-7-20(8-5-17)25(26,27)28/h4-12H,13-14H2,1-3H3,(H,29,30). The van der Waals surface area contributed by atoms with Crippen molar-refractivity contribution >= 4 is 17.7 Å². The molecule has 3 rings (SSSR count). The van der Waals surface area contributed by atoms with E-state index in [0.717, 1.165) is 44.8 Å². The second-order valence-corrected chi connectivity index (χ2v) is 8.47. The minimum atomic E-state index is -4.35. The first kappa shape index (κ1) is 24.5. The number of rotatable bonds is 8. The number of aliphatic carboxylic acids is 1. The van der Waals surface area contributed by atoms with Crippen molar-refractivity contribution in [2.45, 2.75) is 30.7 Å². The first-order chi connectivity index (χ1) is 15.6. The average Bonchev–Trinajstić information content (AvgIpc) is 2.77. The fraction of sp³-hybridized carbons (Fsp3) is 0.240. The number of benzene rings is 3. The number of alkyl halides is 3. The van der Waals surface area contributed by atoms with E-state index in [1.54, 1.807) is 24.9 Å². The zero-order valence-corrected chi connectivity index (χ0v) is 19.1. The number of carbonyl (C=O) groups is 1. The van der Waals surface area contributed by atoms with Crippen LogP contribution in [-0.4, -0.2) is 24.8 Å². The van der Waals surface area contributed by atoms with Gasteiger partial charge in [0.05, 0.1) is 12.7 Å². The Balaban J connectivity index is 1.74. The van der Waals surface area contributed by atoms with Gasteiger partial charge in [0.25, 0.3) is 0 Å². The van der Waals surface area contributed by atoms with Gasteiger partial charge in [-0.15, -0.1) is 11.8 Å². The molecule has 0 aliphatic heterocycles. The smallest absolute Gasteiger partial charge is 0.416 e. The Bertz CT molecular complexity index is 1140. The lowest BCUT2D eigenvalue weighted by Gasteiger charge is -2.15. The molecule has 0 spiro atoms. The molecule has 0 fully saturated rings. The first-order valence-electron chi connectivity index (χ1n) is 10.0. The molecule has 8 heteroatoms. The molecule has 0 radical (unpaired) electrons. The summed E-state index contributed by atoms with van der Waals surface area (Å²) in [6, 6.07) is 14.5. The van der Waals surface area contributed by atoms with Gasteiger partial charge < -0.3 is 14.6 Å². The summed E-state index contributed by atoms with van der Waals surface area (Å²) < 4.78 is 49.1. The number of carboxylic acids is 1. The number of halogens is 3. The molecule has 3 aromatic carbocycles. The Morgan fingerprint density at radius 3 is 2.18 bits per heavy atom. The van der Waals surface area contributed by atoms with Crippen molar-refractivity contribution in [2.24, 2.45) is 0 Å². The minimum Gasteiger partial charge on any atom is -0.496 e. The lowest BCUT2D eigenvalue weighted by molar-refractivity contribution is -0.139. The molecule has 4 nitrogen and oxygen atoms in total. The molecule has 174 valence electrons. The van der Waals surface area contributed by atoms with Crippen LogP contribution in [0.5, 0.6) is 11.5 Å². The van der Waals surface area contributed by atoms with E-state index in [1.165, 1.54) is 12.1 Å². The Morgan fingerprint density at radius 1 is 0.939 bits per heavy atom. The van der Waals surface area contributed by atoms with Gasteiger partial charge in [0.2, 0.25) is 0 Å². The second kappa shape index (κ2) is 10.2. The zero-order valence-electron chi connectivity index (χ0n) is 18.3. The molecule has 0 saturated carbocycles. The van der Waals surface area contributed by atoms with Crippen molar-refractivity contribution in [3.05, 3.63) is 76.9 Å². The lowest BCUT2D eigenvalue weighted by Crippen LogP contribution is -2.10. The van der Waals surface area contributed by atoms with Crippen LogP contribution in [0.25, 0.3) is 11.1 Å². The summed E-state index contributed by atoms with van der Waals surface area (Å²) in [4.78, 5) is 11.8. The third-order valence-corrected chi connectivity index (χ3v) is 6.26. The predicted octanol–water partition coefficient (Wildman–Crippen LogP) is 6.75. The van der Waals surface area contributed by atoms with E-state index >= 15 is 0 Å². The molecule has 0 aromatic heterocycles. The molecule has 0 aliphatic carbocycles. The average molecular weight is 477 g/mol. The number of methoxy groups -OCH3 is 1. The molecule has 33 heavy (non-hydrogen) atoms. The van der Waals surface area contributed by atoms with Crippen LogP contribution in [0.2, 0.25) is 0 Å². The molecular formula is C25H23F3O4S. The number of hydrogen-bond acceptors (Lipinski definition) is 4. The summed E-state index contributed by atoms with van der Waals surface area (Å²) in [6.45, 7) is 3.37. The molecule has 0 amide bonds. The van der Waals surface area contributed by atoms with Crippen LogP contribution >= 0.6 is 11.8 Å². The monoisotopic (exact) mass is 476 g/mol. The van der Waals surface area contributed by atoms with Gasteiger partial charge in [-0.3, -0.25) is 0 Å². The van der Waals surface area contributed by atoms with Crippen molar-refractivity contribution in [3.8, 4) is 22.6 Å². The highest BCUT2D eigenvalue weighted by Gasteiger charge is 2.30. The number of carboxylic acid groups (broad SMARTS) is 1. The van der Waals surface area contributed by atoms with Gasteiger partial charge in [-0.25, -0.2) is 4.79 Å². The summed E-state index contributed by atoms with van der Waals surface area (Å²) in [5.41, 5.74) is 3.65. The molecule has 0 bridgehead atoms. The molecule has 0 saturated heterocycles. The molecule has 0 unspecified atom stereocenters. The Kier molecular flexibility index (Phi) is 7.58. The van der Waals surface area contributed by atoms with Gasteiger partial charge in [0.1, 0.15) is 11.5 Å². The molecule has 3 aromatic rings. The quantitative estimate of drug-likeness (QED) is 0.364. The van der Waals surface area contributed by atoms with Crippen LogP contribution in [0.1, 0.15) is 22.3 Å². The molecule has 0 heterocycles. The fourth-order valence-electron chi connectivity index (χ4n) is 3.33. The molecular weight excluding hydrogens is 453 g/mol. The highest BCUT2D eigenvalue weighted by Crippen LogP contribution is 2.36. The van der Waals surface area contributed by atoms with E-state index < -0.39 is 24.3 Å². The largest absolute Gasteiger partial charge is 0.496 e. The van der Waals surface area contributed by atoms with Gasteiger partial charge in [0, 0.05) is 22.3 Å². The summed E-state index contributed by atoms with van der Waals surface area (Å²) in [5, 5.41) is 8.81. The lowest BCUT2D eigenvalue weighted by atomic mass is 10.0. The van der Waals surface area contributed by atoms with Crippen LogP contribution in [0.3, 0.4) is 0 Å². The van der Waals surface area contributed by atoms with E-state index in [2.05, 4.69) is 0 Å². The van der Waals surface area contributed by atoms with Gasteiger partial charge in [-0.1, -0.05) is 24.3 Å². The van der Waals surface area contributed by atoms with Crippen molar-refractivity contribution < 1.29 is 32.5 Å². The number of hydrogen-bond donors (Lipinski definition) is 1. The second-order valence-electron chi connectivity index (χ2n) is 7.46. The van der Waals surface area contributed by atoms with Crippen molar-refractivity contribution in [1.82, 2.24) is 0 Å². The zero-order chi connectivity index (χ0) is 24.2. The van der Waals surface area contributed by atoms with Gasteiger partial charge in [0.15, 0.2) is 6.61 Å². The van der Waals surface area contributed by atoms with E-state index in [4.69, 9.17) is 14.6 Å². The molecule has 1 N–H and O–H groups in total. The summed E-state index contributed by atoms with van der Waals surface area (Å²) >= 11 is 1.61. The van der Waals surface area contributed by atoms with E-state index in [1.807, 2.05) is 38.1 Å². The van der Waals surface area contributed by atoms with Crippen molar-refractivity contribution in [2.75, 3.05) is 13.7 Å². The molecule has 0 atom stereocenters. The van der Waals surface area contributed by atoms with Crippen LogP contribution in [0, 0.1) is 13.8 Å². The van der Waals surface area contributed by atoms with Gasteiger partial charge in [-0.05, 0) is 60.4 Å². The Labute approximate surface area is 194 Å². The Hall–Kier alpha value is -3.13. The van der Waals surface area contributed by atoms with Crippen LogP contribution in [0.4, 0.5) is 13.2 Å². The number of thioether (sulfide) groups is 1. The maximum absolute atomic E-state index is 12.8. The number of ether oxygens (including phenoxy) is 2. The maximum Gasteiger partial charge on any atom is 0.416 e. The topological polar surface area (TPSA) is 55.8 Å². The van der Waals surface area contributed by atoms with E-state index in [-0.39, 0.29) is 0 Å². The highest BCUT2D eigenvalue weighted by atomic mass is 32.2. The van der Waals surface area contributed by atoms with Crippen LogP contribution in [0.15, 0.2) is 59.5 Å². The maximum atomic E-state index is 12.8. The predicted molar refractivity (Wildman–Crippen MR) is 122 cm³/mol. The summed E-state index contributed by atoms with van der Waals surface area (Å²) in [6.07, 6.45) is -4.35. The van der Waals surface area contributed by atoms with Gasteiger partial charge in [-0.2, -0.15) is 13.2 Å². The first-order valence-corrected chi connectivity index (χ1v) is 11.0. The van der Waals surface area contributed by atoms with Crippen LogP contribution < -0.4 is 9.47 Å². The minimum absolute atomic E-state index is 0.428. The summed E-state index contributed by atoms with van der Waals surface area (Å²) in [7, 11) is 1.55. The fourth-order valence-corrected chi connectivity index (χ4v) is 4.31. The van der Waals surface area contributed by atoms with Crippen LogP contribution in [-0.2, 0) is 16.7 Å². The molecule has 0 aliphatic rings. The van der Waals surface area contributed by atoms with E-state index in [0.29, 0.717) is 17.3 Å². The number of aryl methyl sites for hydroxylation is 2.